The predicted molar refractivity (Wildman–Crippen MR) is 99.7 cm³/mol. The number of nitrogens with zero attached hydrogens (tertiary/aromatic N) is 1. The molecule has 0 amide bonds. The molecule has 8 heteroatoms. The Morgan fingerprint density at radius 3 is 2.96 bits per heavy atom. The number of benzene rings is 1. The molecule has 0 unspecified atom stereocenters. The van der Waals surface area contributed by atoms with Gasteiger partial charge in [-0.15, -0.1) is 11.3 Å². The molecule has 136 valence electrons. The van der Waals surface area contributed by atoms with E-state index in [0.717, 1.165) is 16.9 Å². The molecular formula is C18H19FN4O2S. The average molecular weight is 374 g/mol. The summed E-state index contributed by atoms with van der Waals surface area (Å²) in [7, 11) is 0. The molecule has 3 heterocycles. The van der Waals surface area contributed by atoms with E-state index in [9.17, 15) is 9.18 Å². The molecule has 26 heavy (non-hydrogen) atoms. The Bertz CT molecular complexity index is 969. The van der Waals surface area contributed by atoms with Crippen LogP contribution in [0.3, 0.4) is 0 Å². The fraction of sp³-hybridized carbons (Fsp3) is 0.333. The zero-order valence-corrected chi connectivity index (χ0v) is 14.8. The Kier molecular flexibility index (Phi) is 4.82. The summed E-state index contributed by atoms with van der Waals surface area (Å²) in [6.07, 6.45) is 0.834. The molecule has 6 nitrogen and oxygen atoms in total. The van der Waals surface area contributed by atoms with Gasteiger partial charge in [-0.25, -0.2) is 9.37 Å². The zero-order valence-electron chi connectivity index (χ0n) is 14.0. The lowest BCUT2D eigenvalue weighted by Gasteiger charge is -2.29. The number of nitrogens with one attached hydrogen (secondary N) is 2. The van der Waals surface area contributed by atoms with Gasteiger partial charge in [-0.05, 0) is 30.2 Å². The van der Waals surface area contributed by atoms with Crippen LogP contribution in [0, 0.1) is 5.82 Å². The topological polar surface area (TPSA) is 93.0 Å². The summed E-state index contributed by atoms with van der Waals surface area (Å²) in [5.74, 6) is 0.287. The minimum absolute atomic E-state index is 0.0644. The summed E-state index contributed by atoms with van der Waals surface area (Å²) < 4.78 is 19.0. The van der Waals surface area contributed by atoms with E-state index in [2.05, 4.69) is 15.3 Å². The SMILES string of the molecule is N[C@@H]1COCC[C@@H]1NCc1nc2cc(-c3ccc(F)cc3)sc2c(=O)[nH]1. The number of aromatic nitrogens is 2. The van der Waals surface area contributed by atoms with Crippen LogP contribution >= 0.6 is 11.3 Å². The standard InChI is InChI=1S/C18H19FN4O2S/c19-11-3-1-10(2-4-11)15-7-14-17(26-15)18(24)23-16(22-14)8-21-13-5-6-25-9-12(13)20/h1-4,7,12-13,21H,5-6,8-9,20H2,(H,22,23,24)/t12-,13+/m1/s1. The van der Waals surface area contributed by atoms with Gasteiger partial charge in [0.2, 0.25) is 0 Å². The first-order valence-electron chi connectivity index (χ1n) is 8.45. The third kappa shape index (κ3) is 3.54. The molecule has 2 atom stereocenters. The van der Waals surface area contributed by atoms with Crippen LogP contribution in [0.4, 0.5) is 4.39 Å². The van der Waals surface area contributed by atoms with Crippen LogP contribution in [-0.4, -0.2) is 35.3 Å². The van der Waals surface area contributed by atoms with E-state index in [-0.39, 0.29) is 23.5 Å². The maximum absolute atomic E-state index is 13.1. The molecule has 0 spiro atoms. The lowest BCUT2D eigenvalue weighted by atomic mass is 10.0. The highest BCUT2D eigenvalue weighted by Gasteiger charge is 2.22. The molecule has 1 aliphatic rings. The van der Waals surface area contributed by atoms with Crippen LogP contribution in [0.5, 0.6) is 0 Å². The molecule has 1 fully saturated rings. The van der Waals surface area contributed by atoms with Gasteiger partial charge in [-0.2, -0.15) is 0 Å². The smallest absolute Gasteiger partial charge is 0.268 e. The highest BCUT2D eigenvalue weighted by Crippen LogP contribution is 2.30. The van der Waals surface area contributed by atoms with Crippen molar-refractivity contribution < 1.29 is 9.13 Å². The molecule has 0 radical (unpaired) electrons. The van der Waals surface area contributed by atoms with Crippen molar-refractivity contribution in [2.45, 2.75) is 25.0 Å². The van der Waals surface area contributed by atoms with E-state index in [1.54, 1.807) is 12.1 Å². The minimum Gasteiger partial charge on any atom is -0.380 e. The van der Waals surface area contributed by atoms with E-state index < -0.39 is 0 Å². The maximum atomic E-state index is 13.1. The van der Waals surface area contributed by atoms with Crippen molar-refractivity contribution in [3.05, 3.63) is 52.3 Å². The monoisotopic (exact) mass is 374 g/mol. The number of rotatable bonds is 4. The molecule has 0 bridgehead atoms. The second-order valence-corrected chi connectivity index (χ2v) is 7.41. The molecule has 0 aliphatic carbocycles. The predicted octanol–water partition coefficient (Wildman–Crippen LogP) is 2.00. The van der Waals surface area contributed by atoms with Crippen molar-refractivity contribution in [1.82, 2.24) is 15.3 Å². The summed E-state index contributed by atoms with van der Waals surface area (Å²) in [6, 6.07) is 8.15. The number of H-pyrrole nitrogens is 1. The van der Waals surface area contributed by atoms with Gasteiger partial charge in [0.25, 0.3) is 5.56 Å². The zero-order chi connectivity index (χ0) is 18.1. The van der Waals surface area contributed by atoms with Crippen LogP contribution in [0.2, 0.25) is 0 Å². The molecular weight excluding hydrogens is 355 g/mol. The van der Waals surface area contributed by atoms with Crippen LogP contribution in [0.25, 0.3) is 20.7 Å². The Morgan fingerprint density at radius 2 is 2.19 bits per heavy atom. The Morgan fingerprint density at radius 1 is 1.38 bits per heavy atom. The Hall–Kier alpha value is -2.13. The number of fused-ring (bicyclic) bond motifs is 1. The highest BCUT2D eigenvalue weighted by atomic mass is 32.1. The molecule has 0 saturated carbocycles. The lowest BCUT2D eigenvalue weighted by Crippen LogP contribution is -2.51. The second kappa shape index (κ2) is 7.24. The van der Waals surface area contributed by atoms with Gasteiger partial charge in [0, 0.05) is 23.6 Å². The average Bonchev–Trinajstić information content (AvgIpc) is 3.06. The summed E-state index contributed by atoms with van der Waals surface area (Å²) in [5, 5.41) is 3.35. The molecule has 1 aliphatic heterocycles. The number of aromatic amines is 1. The molecule has 2 aromatic heterocycles. The van der Waals surface area contributed by atoms with Crippen LogP contribution < -0.4 is 16.6 Å². The van der Waals surface area contributed by atoms with Crippen molar-refractivity contribution >= 4 is 21.6 Å². The number of ether oxygens (including phenoxy) is 1. The van der Waals surface area contributed by atoms with Gasteiger partial charge in [0.15, 0.2) is 0 Å². The summed E-state index contributed by atoms with van der Waals surface area (Å²) >= 11 is 1.35. The van der Waals surface area contributed by atoms with Gasteiger partial charge >= 0.3 is 0 Å². The first-order chi connectivity index (χ1) is 12.6. The number of nitrogens with two attached hydrogens (primary N) is 1. The van der Waals surface area contributed by atoms with Crippen molar-refractivity contribution in [3.63, 3.8) is 0 Å². The number of halogens is 1. The maximum Gasteiger partial charge on any atom is 0.268 e. The largest absolute Gasteiger partial charge is 0.380 e. The van der Waals surface area contributed by atoms with Crippen LogP contribution in [0.1, 0.15) is 12.2 Å². The first kappa shape index (κ1) is 17.3. The second-order valence-electron chi connectivity index (χ2n) is 6.36. The number of thiophene rings is 1. The summed E-state index contributed by atoms with van der Waals surface area (Å²) in [6.45, 7) is 1.65. The molecule has 1 saturated heterocycles. The molecule has 4 rings (SSSR count). The van der Waals surface area contributed by atoms with E-state index in [1.807, 2.05) is 6.07 Å². The first-order valence-corrected chi connectivity index (χ1v) is 9.27. The van der Waals surface area contributed by atoms with E-state index in [4.69, 9.17) is 10.5 Å². The fourth-order valence-corrected chi connectivity index (χ4v) is 4.07. The normalized spacial score (nSPS) is 20.5. The van der Waals surface area contributed by atoms with Crippen molar-refractivity contribution in [2.75, 3.05) is 13.2 Å². The summed E-state index contributed by atoms with van der Waals surface area (Å²) in [5.41, 5.74) is 7.38. The number of hydrogen-bond acceptors (Lipinski definition) is 6. The van der Waals surface area contributed by atoms with Crippen molar-refractivity contribution in [2.24, 2.45) is 5.73 Å². The quantitative estimate of drug-likeness (QED) is 0.649. The highest BCUT2D eigenvalue weighted by molar-refractivity contribution is 7.22. The van der Waals surface area contributed by atoms with Gasteiger partial charge in [0.1, 0.15) is 16.3 Å². The third-order valence-corrected chi connectivity index (χ3v) is 5.66. The van der Waals surface area contributed by atoms with E-state index >= 15 is 0 Å². The summed E-state index contributed by atoms with van der Waals surface area (Å²) in [4.78, 5) is 20.7. The molecule has 1 aromatic carbocycles. The number of hydrogen-bond donors (Lipinski definition) is 3. The van der Waals surface area contributed by atoms with Gasteiger partial charge < -0.3 is 20.8 Å². The van der Waals surface area contributed by atoms with Crippen molar-refractivity contribution in [1.29, 1.82) is 0 Å². The van der Waals surface area contributed by atoms with Gasteiger partial charge in [0.05, 0.1) is 18.7 Å². The third-order valence-electron chi connectivity index (χ3n) is 4.49. The van der Waals surface area contributed by atoms with Crippen molar-refractivity contribution in [3.8, 4) is 10.4 Å². The Balaban J connectivity index is 1.57. The van der Waals surface area contributed by atoms with E-state index in [1.165, 1.54) is 23.5 Å². The molecule has 4 N–H and O–H groups in total. The minimum atomic E-state index is -0.287. The van der Waals surface area contributed by atoms with Gasteiger partial charge in [-0.1, -0.05) is 12.1 Å². The van der Waals surface area contributed by atoms with Crippen LogP contribution in [-0.2, 0) is 11.3 Å². The lowest BCUT2D eigenvalue weighted by molar-refractivity contribution is 0.0613. The van der Waals surface area contributed by atoms with Gasteiger partial charge in [-0.3, -0.25) is 4.79 Å². The fourth-order valence-electron chi connectivity index (χ4n) is 3.07. The van der Waals surface area contributed by atoms with E-state index in [0.29, 0.717) is 35.8 Å². The Labute approximate surface area is 153 Å². The van der Waals surface area contributed by atoms with Crippen LogP contribution in [0.15, 0.2) is 35.1 Å². The molecule has 3 aromatic rings.